The van der Waals surface area contributed by atoms with E-state index in [1.807, 2.05) is 0 Å². The van der Waals surface area contributed by atoms with Crippen LogP contribution in [0.3, 0.4) is 0 Å². The highest BCUT2D eigenvalue weighted by Gasteiger charge is 2.03. The Kier molecular flexibility index (Phi) is 60.5. The molecule has 0 aromatic heterocycles. The molecule has 0 rings (SSSR count). The van der Waals surface area contributed by atoms with Gasteiger partial charge in [-0.1, -0.05) is 0 Å². The van der Waals surface area contributed by atoms with Gasteiger partial charge in [-0.05, 0) is 12.8 Å². The first-order valence-electron chi connectivity index (χ1n) is 24.8. The van der Waals surface area contributed by atoms with Crippen LogP contribution in [0, 0.1) is 0 Å². The number of carbonyl (C=O) groups excluding carboxylic acids is 6. The second kappa shape index (κ2) is 60.1. The minimum atomic E-state index is -3.17. The Morgan fingerprint density at radius 2 is 0.622 bits per heavy atom. The van der Waals surface area contributed by atoms with Crippen LogP contribution in [0.4, 0.5) is 0 Å². The van der Waals surface area contributed by atoms with Gasteiger partial charge in [0.1, 0.15) is 0 Å². The molecule has 6 N–H and O–H groups in total. The van der Waals surface area contributed by atoms with Crippen molar-refractivity contribution in [2.24, 2.45) is 0 Å². The van der Waals surface area contributed by atoms with Crippen molar-refractivity contribution in [3.8, 4) is 0 Å². The van der Waals surface area contributed by atoms with Gasteiger partial charge in [-0.2, -0.15) is 0 Å². The molecule has 0 radical (unpaired) electrons. The fourth-order valence-corrected chi connectivity index (χ4v) is 5.18. The van der Waals surface area contributed by atoms with Crippen LogP contribution in [0.25, 0.3) is 0 Å². The van der Waals surface area contributed by atoms with E-state index < -0.39 is 10.0 Å². The van der Waals surface area contributed by atoms with Crippen LogP contribution in [-0.2, 0) is 100 Å². The Hall–Kier alpha value is -3.75. The molecule has 5 amide bonds. The molecule has 0 spiro atoms. The molecule has 28 heteroatoms. The number of hydrogen-bond donors (Lipinski definition) is 6. The average molecular weight is 1100 g/mol. The van der Waals surface area contributed by atoms with Crippen molar-refractivity contribution in [3.63, 3.8) is 0 Å². The number of amides is 5. The van der Waals surface area contributed by atoms with Gasteiger partial charge in [-0.25, -0.2) is 13.1 Å². The Morgan fingerprint density at radius 3 is 0.932 bits per heavy atom. The van der Waals surface area contributed by atoms with Crippen LogP contribution >= 0.6 is 0 Å². The third kappa shape index (κ3) is 74.8. The molecule has 0 aliphatic rings. The number of sulfonamides is 1. The molecule has 0 saturated heterocycles. The molecule has 0 atom stereocenters. The summed E-state index contributed by atoms with van der Waals surface area (Å²) in [7, 11) is -0.229. The summed E-state index contributed by atoms with van der Waals surface area (Å²) in [5, 5.41) is 13.3. The second-order valence-electron chi connectivity index (χ2n) is 15.0. The molecular formula is C46H92N6O21S. The highest BCUT2D eigenvalue weighted by molar-refractivity contribution is 7.88. The average Bonchev–Trinajstić information content (AvgIpc) is 3.35. The van der Waals surface area contributed by atoms with Crippen molar-refractivity contribution in [2.45, 2.75) is 52.9 Å². The molecule has 438 valence electrons. The van der Waals surface area contributed by atoms with Gasteiger partial charge in [0.25, 0.3) is 0 Å². The van der Waals surface area contributed by atoms with Crippen LogP contribution in [0.15, 0.2) is 0 Å². The van der Waals surface area contributed by atoms with Crippen LogP contribution < -0.4 is 31.3 Å². The zero-order chi connectivity index (χ0) is 55.4. The lowest BCUT2D eigenvalue weighted by Crippen LogP contribution is -2.27. The van der Waals surface area contributed by atoms with Crippen molar-refractivity contribution in [3.05, 3.63) is 0 Å². The van der Waals surface area contributed by atoms with E-state index in [4.69, 9.17) is 56.8 Å². The molecule has 27 nitrogen and oxygen atoms in total. The molecule has 0 unspecified atom stereocenters. The molecule has 0 aromatic carbocycles. The smallest absolute Gasteiger partial charge is 0.307 e. The first-order chi connectivity index (χ1) is 35.6. The van der Waals surface area contributed by atoms with Crippen LogP contribution in [0.1, 0.15) is 52.9 Å². The second-order valence-corrected chi connectivity index (χ2v) is 16.9. The van der Waals surface area contributed by atoms with Gasteiger partial charge < -0.3 is 88.2 Å². The quantitative estimate of drug-likeness (QED) is 0.0286. The van der Waals surface area contributed by atoms with E-state index in [1.165, 1.54) is 27.9 Å². The molecule has 0 bridgehead atoms. The lowest BCUT2D eigenvalue weighted by atomic mass is 10.3. The minimum Gasteiger partial charge on any atom is -0.469 e. The fraction of sp³-hybridized carbons (Fsp3) is 0.870. The largest absolute Gasteiger partial charge is 0.469 e. The number of carbonyl (C=O) groups is 6. The lowest BCUT2D eigenvalue weighted by molar-refractivity contribution is -0.142. The summed E-state index contributed by atoms with van der Waals surface area (Å²) in [6.07, 6.45) is 3.65. The van der Waals surface area contributed by atoms with Gasteiger partial charge in [0.15, 0.2) is 0 Å². The first kappa shape index (κ1) is 74.5. The Labute approximate surface area is 439 Å². The standard InChI is InChI=1S/C18H37N3O8S.C14H28N2O6.C14H27NO7/c1-17(22)19-6-3-4-7-20-18(23)5-9-26-11-13-28-15-16-29-14-12-27-10-8-21-30(2,24)25;1-13(17)16-4-6-20-8-10-22-12-11-21-9-7-19-5-3-14(18)15-2;1-13(16)15-4-6-20-8-10-22-12-11-21-9-7-19-5-3-14(17)18-2/h21H,3-16H2,1-2H3,(H,19,22)(H,20,23);3-12H2,1-2H3,(H,15,18)(H,16,17);3-12H2,1-2H3,(H,15,16). The number of nitrogens with one attached hydrogen (secondary N) is 6. The lowest BCUT2D eigenvalue weighted by Gasteiger charge is -2.08. The molecule has 0 fully saturated rings. The zero-order valence-corrected chi connectivity index (χ0v) is 45.8. The Bertz CT molecular complexity index is 1390. The number of esters is 1. The van der Waals surface area contributed by atoms with E-state index in [1.54, 1.807) is 7.05 Å². The SMILES string of the molecule is CC(=O)NCCCCNC(=O)CCOCCOCCOCCOCCNS(C)(=O)=O.CNC(=O)CCOCCOCCOCCOCCNC(C)=O.COC(=O)CCOCCOCCOCCOCCNC(C)=O. The molecule has 0 aliphatic heterocycles. The number of unbranched alkanes of at least 4 members (excludes halogenated alkanes) is 1. The predicted octanol–water partition coefficient (Wildman–Crippen LogP) is -1.90. The van der Waals surface area contributed by atoms with E-state index in [9.17, 15) is 37.2 Å². The summed E-state index contributed by atoms with van der Waals surface area (Å²) in [4.78, 5) is 65.1. The number of hydrogen-bond acceptors (Lipinski definition) is 21. The molecule has 0 aromatic rings. The zero-order valence-electron chi connectivity index (χ0n) is 45.0. The van der Waals surface area contributed by atoms with Gasteiger partial charge in [0.2, 0.25) is 39.6 Å². The van der Waals surface area contributed by atoms with E-state index >= 15 is 0 Å². The topological polar surface area (TPSA) is 329 Å². The Morgan fingerprint density at radius 1 is 0.351 bits per heavy atom. The third-order valence-corrected chi connectivity index (χ3v) is 9.13. The number of ether oxygens (including phenoxy) is 13. The van der Waals surface area contributed by atoms with Gasteiger partial charge in [-0.15, -0.1) is 0 Å². The van der Waals surface area contributed by atoms with E-state index in [-0.39, 0.29) is 48.5 Å². The van der Waals surface area contributed by atoms with E-state index in [2.05, 4.69) is 36.0 Å². The van der Waals surface area contributed by atoms with Gasteiger partial charge in [-0.3, -0.25) is 28.8 Å². The molecule has 0 aliphatic carbocycles. The van der Waals surface area contributed by atoms with Crippen molar-refractivity contribution in [1.29, 1.82) is 0 Å². The molecule has 0 heterocycles. The van der Waals surface area contributed by atoms with Gasteiger partial charge in [0, 0.05) is 73.4 Å². The van der Waals surface area contributed by atoms with Crippen molar-refractivity contribution in [1.82, 2.24) is 31.3 Å². The summed E-state index contributed by atoms with van der Waals surface area (Å²) < 4.78 is 91.8. The normalized spacial score (nSPS) is 10.8. The monoisotopic (exact) mass is 1100 g/mol. The Balaban J connectivity index is -0.00000104. The maximum Gasteiger partial charge on any atom is 0.307 e. The highest BCUT2D eigenvalue weighted by atomic mass is 32.2. The fourth-order valence-electron chi connectivity index (χ4n) is 4.73. The van der Waals surface area contributed by atoms with Crippen LogP contribution in [0.2, 0.25) is 0 Å². The first-order valence-corrected chi connectivity index (χ1v) is 26.7. The summed E-state index contributed by atoms with van der Waals surface area (Å²) >= 11 is 0. The molecule has 0 saturated carbocycles. The maximum atomic E-state index is 11.6. The summed E-state index contributed by atoms with van der Waals surface area (Å²) in [5.74, 6) is -0.544. The molecular weight excluding hydrogens is 1000 g/mol. The van der Waals surface area contributed by atoms with E-state index in [0.717, 1.165) is 19.1 Å². The molecule has 74 heavy (non-hydrogen) atoms. The van der Waals surface area contributed by atoms with Crippen molar-refractivity contribution < 1.29 is 98.8 Å². The number of methoxy groups -OCH3 is 1. The van der Waals surface area contributed by atoms with Gasteiger partial charge in [0.05, 0.1) is 178 Å². The summed E-state index contributed by atoms with van der Waals surface area (Å²) in [6, 6.07) is 0. The number of rotatable bonds is 51. The van der Waals surface area contributed by atoms with E-state index in [0.29, 0.717) is 198 Å². The van der Waals surface area contributed by atoms with Crippen LogP contribution in [0.5, 0.6) is 0 Å². The summed E-state index contributed by atoms with van der Waals surface area (Å²) in [6.45, 7) is 17.4. The summed E-state index contributed by atoms with van der Waals surface area (Å²) in [5.41, 5.74) is 0. The highest BCUT2D eigenvalue weighted by Crippen LogP contribution is 1.91. The van der Waals surface area contributed by atoms with Gasteiger partial charge >= 0.3 is 5.97 Å². The van der Waals surface area contributed by atoms with Crippen LogP contribution in [-0.4, -0.2) is 256 Å². The van der Waals surface area contributed by atoms with Crippen molar-refractivity contribution >= 4 is 45.5 Å². The minimum absolute atomic E-state index is 0.0337. The third-order valence-electron chi connectivity index (χ3n) is 8.40. The van der Waals surface area contributed by atoms with Crippen molar-refractivity contribution in [2.75, 3.05) is 212 Å². The predicted molar refractivity (Wildman–Crippen MR) is 271 cm³/mol. The maximum absolute atomic E-state index is 11.6.